The highest BCUT2D eigenvalue weighted by Crippen LogP contribution is 2.21. The monoisotopic (exact) mass is 310 g/mol. The summed E-state index contributed by atoms with van der Waals surface area (Å²) in [5.41, 5.74) is 1.69. The van der Waals surface area contributed by atoms with Gasteiger partial charge in [-0.15, -0.1) is 0 Å². The molecule has 0 radical (unpaired) electrons. The minimum Gasteiger partial charge on any atom is -0.283 e. The smallest absolute Gasteiger partial charge is 0.269 e. The van der Waals surface area contributed by atoms with Gasteiger partial charge in [-0.25, -0.2) is 13.1 Å². The molecule has 0 unspecified atom stereocenters. The number of nitro groups is 1. The minimum atomic E-state index is -3.74. The summed E-state index contributed by atoms with van der Waals surface area (Å²) in [5, 5.41) is 17.2. The number of aromatic nitrogens is 2. The highest BCUT2D eigenvalue weighted by atomic mass is 32.2. The Morgan fingerprint density at radius 1 is 1.38 bits per heavy atom. The molecule has 0 aliphatic heterocycles. The van der Waals surface area contributed by atoms with Crippen molar-refractivity contribution in [2.24, 2.45) is 0 Å². The summed E-state index contributed by atoms with van der Waals surface area (Å²) >= 11 is 0. The first-order valence-corrected chi connectivity index (χ1v) is 7.53. The van der Waals surface area contributed by atoms with Gasteiger partial charge in [0, 0.05) is 29.9 Å². The predicted octanol–water partition coefficient (Wildman–Crippen LogP) is 1.41. The second kappa shape index (κ2) is 5.62. The molecule has 8 nitrogen and oxygen atoms in total. The Labute approximate surface area is 121 Å². The topological polar surface area (TPSA) is 118 Å². The molecule has 0 amide bonds. The number of hydrogen-bond donors (Lipinski definition) is 2. The molecule has 2 aromatic rings. The van der Waals surface area contributed by atoms with Gasteiger partial charge in [0.15, 0.2) is 0 Å². The zero-order chi connectivity index (χ0) is 15.6. The standard InChI is InChI=1S/C12H14N4O4S/c1-8-5-11(16(17)18)3-4-12(8)21(19,20)14-7-10-6-13-15-9(10)2/h3-6,14H,7H2,1-2H3,(H,13,15). The number of benzene rings is 1. The number of nitrogens with one attached hydrogen (secondary N) is 2. The van der Waals surface area contributed by atoms with Crippen LogP contribution in [0.4, 0.5) is 5.69 Å². The third-order valence-corrected chi connectivity index (χ3v) is 4.61. The van der Waals surface area contributed by atoms with Crippen molar-refractivity contribution >= 4 is 15.7 Å². The van der Waals surface area contributed by atoms with Crippen LogP contribution in [0, 0.1) is 24.0 Å². The fraction of sp³-hybridized carbons (Fsp3) is 0.250. The van der Waals surface area contributed by atoms with E-state index in [-0.39, 0.29) is 17.1 Å². The Morgan fingerprint density at radius 3 is 2.62 bits per heavy atom. The van der Waals surface area contributed by atoms with Crippen molar-refractivity contribution < 1.29 is 13.3 Å². The lowest BCUT2D eigenvalue weighted by atomic mass is 10.2. The summed E-state index contributed by atoms with van der Waals surface area (Å²) < 4.78 is 26.9. The van der Waals surface area contributed by atoms with E-state index in [1.54, 1.807) is 13.1 Å². The van der Waals surface area contributed by atoms with Crippen LogP contribution in [0.1, 0.15) is 16.8 Å². The molecule has 1 aromatic carbocycles. The summed E-state index contributed by atoms with van der Waals surface area (Å²) in [5.74, 6) is 0. The third-order valence-electron chi connectivity index (χ3n) is 3.05. The number of hydrogen-bond acceptors (Lipinski definition) is 5. The summed E-state index contributed by atoms with van der Waals surface area (Å²) in [6.07, 6.45) is 1.54. The lowest BCUT2D eigenvalue weighted by Gasteiger charge is -2.08. The van der Waals surface area contributed by atoms with Gasteiger partial charge < -0.3 is 0 Å². The summed E-state index contributed by atoms with van der Waals surface area (Å²) in [7, 11) is -3.74. The van der Waals surface area contributed by atoms with Gasteiger partial charge >= 0.3 is 0 Å². The van der Waals surface area contributed by atoms with Gasteiger partial charge in [0.1, 0.15) is 0 Å². The Morgan fingerprint density at radius 2 is 2.10 bits per heavy atom. The highest BCUT2D eigenvalue weighted by molar-refractivity contribution is 7.89. The number of aryl methyl sites for hydroxylation is 2. The van der Waals surface area contributed by atoms with Crippen LogP contribution in [0.5, 0.6) is 0 Å². The number of H-pyrrole nitrogens is 1. The first kappa shape index (κ1) is 15.1. The van der Waals surface area contributed by atoms with Crippen molar-refractivity contribution in [3.8, 4) is 0 Å². The zero-order valence-electron chi connectivity index (χ0n) is 11.5. The van der Waals surface area contributed by atoms with Crippen LogP contribution >= 0.6 is 0 Å². The molecule has 1 aromatic heterocycles. The average Bonchev–Trinajstić information content (AvgIpc) is 2.81. The largest absolute Gasteiger partial charge is 0.283 e. The molecule has 0 bridgehead atoms. The molecular weight excluding hydrogens is 296 g/mol. The fourth-order valence-electron chi connectivity index (χ4n) is 1.85. The number of nitrogens with zero attached hydrogens (tertiary/aromatic N) is 2. The Bertz CT molecular complexity index is 782. The molecule has 112 valence electrons. The lowest BCUT2D eigenvalue weighted by Crippen LogP contribution is -2.24. The Kier molecular flexibility index (Phi) is 4.05. The van der Waals surface area contributed by atoms with Gasteiger partial charge in [-0.05, 0) is 25.5 Å². The van der Waals surface area contributed by atoms with Crippen molar-refractivity contribution in [1.29, 1.82) is 0 Å². The van der Waals surface area contributed by atoms with Gasteiger partial charge in [-0.2, -0.15) is 5.10 Å². The third kappa shape index (κ3) is 3.26. The van der Waals surface area contributed by atoms with Crippen molar-refractivity contribution in [3.63, 3.8) is 0 Å². The van der Waals surface area contributed by atoms with Crippen molar-refractivity contribution in [1.82, 2.24) is 14.9 Å². The van der Waals surface area contributed by atoms with Crippen LogP contribution in [0.25, 0.3) is 0 Å². The maximum Gasteiger partial charge on any atom is 0.269 e. The molecule has 0 saturated heterocycles. The zero-order valence-corrected chi connectivity index (χ0v) is 12.3. The predicted molar refractivity (Wildman–Crippen MR) is 75.2 cm³/mol. The highest BCUT2D eigenvalue weighted by Gasteiger charge is 2.19. The quantitative estimate of drug-likeness (QED) is 0.639. The summed E-state index contributed by atoms with van der Waals surface area (Å²) in [6.45, 7) is 3.40. The van der Waals surface area contributed by atoms with Crippen LogP contribution < -0.4 is 4.72 Å². The maximum absolute atomic E-state index is 12.2. The van der Waals surface area contributed by atoms with E-state index in [2.05, 4.69) is 14.9 Å². The fourth-order valence-corrected chi connectivity index (χ4v) is 3.08. The molecule has 21 heavy (non-hydrogen) atoms. The average molecular weight is 310 g/mol. The molecular formula is C12H14N4O4S. The number of nitro benzene ring substituents is 1. The van der Waals surface area contributed by atoms with E-state index < -0.39 is 14.9 Å². The van der Waals surface area contributed by atoms with Gasteiger partial charge in [-0.1, -0.05) is 0 Å². The minimum absolute atomic E-state index is 0.0225. The van der Waals surface area contributed by atoms with E-state index in [0.29, 0.717) is 5.56 Å². The Hall–Kier alpha value is -2.26. The normalized spacial score (nSPS) is 11.5. The SMILES string of the molecule is Cc1cc([N+](=O)[O-])ccc1S(=O)(=O)NCc1cn[nH]c1C. The molecule has 0 spiro atoms. The molecule has 0 saturated carbocycles. The molecule has 0 atom stereocenters. The number of aromatic amines is 1. The number of non-ortho nitro benzene ring substituents is 1. The van der Waals surface area contributed by atoms with E-state index >= 15 is 0 Å². The van der Waals surface area contributed by atoms with Crippen LogP contribution in [-0.2, 0) is 16.6 Å². The van der Waals surface area contributed by atoms with Crippen LogP contribution in [0.2, 0.25) is 0 Å². The second-order valence-electron chi connectivity index (χ2n) is 4.55. The first-order chi connectivity index (χ1) is 9.81. The number of rotatable bonds is 5. The molecule has 0 fully saturated rings. The van der Waals surface area contributed by atoms with Gasteiger partial charge in [0.05, 0.1) is 16.0 Å². The van der Waals surface area contributed by atoms with Crippen molar-refractivity contribution in [2.75, 3.05) is 0 Å². The molecule has 9 heteroatoms. The van der Waals surface area contributed by atoms with E-state index in [0.717, 1.165) is 11.3 Å². The molecule has 1 heterocycles. The van der Waals surface area contributed by atoms with E-state index in [1.807, 2.05) is 0 Å². The maximum atomic E-state index is 12.2. The Balaban J connectivity index is 2.23. The van der Waals surface area contributed by atoms with Crippen molar-refractivity contribution in [2.45, 2.75) is 25.3 Å². The lowest BCUT2D eigenvalue weighted by molar-refractivity contribution is -0.385. The number of sulfonamides is 1. The molecule has 2 rings (SSSR count). The van der Waals surface area contributed by atoms with Crippen molar-refractivity contribution in [3.05, 3.63) is 51.3 Å². The molecule has 0 aliphatic carbocycles. The van der Waals surface area contributed by atoms with Crippen LogP contribution in [-0.4, -0.2) is 23.5 Å². The van der Waals surface area contributed by atoms with Crippen LogP contribution in [0.15, 0.2) is 29.3 Å². The van der Waals surface area contributed by atoms with Gasteiger partial charge in [-0.3, -0.25) is 15.2 Å². The van der Waals surface area contributed by atoms with E-state index in [9.17, 15) is 18.5 Å². The van der Waals surface area contributed by atoms with Gasteiger partial charge in [0.2, 0.25) is 10.0 Å². The summed E-state index contributed by atoms with van der Waals surface area (Å²) in [6, 6.07) is 3.64. The molecule has 2 N–H and O–H groups in total. The summed E-state index contributed by atoms with van der Waals surface area (Å²) in [4.78, 5) is 10.1. The van der Waals surface area contributed by atoms with E-state index in [4.69, 9.17) is 0 Å². The second-order valence-corrected chi connectivity index (χ2v) is 6.29. The first-order valence-electron chi connectivity index (χ1n) is 6.05. The van der Waals surface area contributed by atoms with Gasteiger partial charge in [0.25, 0.3) is 5.69 Å². The van der Waals surface area contributed by atoms with E-state index in [1.165, 1.54) is 25.1 Å². The molecule has 0 aliphatic rings. The van der Waals surface area contributed by atoms with Crippen LogP contribution in [0.3, 0.4) is 0 Å².